The summed E-state index contributed by atoms with van der Waals surface area (Å²) in [7, 11) is -3.67. The Morgan fingerprint density at radius 1 is 1.30 bits per heavy atom. The number of aromatic nitrogens is 1. The Morgan fingerprint density at radius 2 is 1.91 bits per heavy atom. The average molecular weight is 337 g/mol. The van der Waals surface area contributed by atoms with Crippen molar-refractivity contribution in [2.24, 2.45) is 0 Å². The van der Waals surface area contributed by atoms with E-state index in [1.165, 1.54) is 0 Å². The Morgan fingerprint density at radius 3 is 2.48 bits per heavy atom. The number of benzene rings is 1. The highest BCUT2D eigenvalue weighted by atomic mass is 32.2. The number of carbonyl (C=O) groups is 1. The second-order valence-corrected chi connectivity index (χ2v) is 6.55. The van der Waals surface area contributed by atoms with Crippen molar-refractivity contribution < 1.29 is 22.9 Å². The Bertz CT molecular complexity index is 977. The van der Waals surface area contributed by atoms with Crippen molar-refractivity contribution >= 4 is 33.1 Å². The van der Waals surface area contributed by atoms with Gasteiger partial charge in [-0.2, -0.15) is 8.42 Å². The molecule has 0 saturated carbocycles. The molecular weight excluding hydrogens is 322 g/mol. The van der Waals surface area contributed by atoms with E-state index in [4.69, 9.17) is 4.55 Å². The maximum absolute atomic E-state index is 12.2. The minimum absolute atomic E-state index is 0.130. The van der Waals surface area contributed by atoms with Crippen LogP contribution in [0.25, 0.3) is 17.0 Å². The quantitative estimate of drug-likeness (QED) is 0.763. The summed E-state index contributed by atoms with van der Waals surface area (Å²) in [5.41, 5.74) is 1.76. The molecule has 0 atom stereocenters. The largest absolute Gasteiger partial charge is 0.477 e. The average Bonchev–Trinajstić information content (AvgIpc) is 2.42. The Labute approximate surface area is 132 Å². The zero-order valence-electron chi connectivity index (χ0n) is 12.5. The molecule has 7 nitrogen and oxygen atoms in total. The number of carboxylic acids is 1. The van der Waals surface area contributed by atoms with Gasteiger partial charge in [0.05, 0.1) is 11.8 Å². The van der Waals surface area contributed by atoms with Crippen LogP contribution < -0.4 is 5.43 Å². The number of aromatic carboxylic acids is 1. The minimum atomic E-state index is -3.67. The van der Waals surface area contributed by atoms with Crippen LogP contribution in [0.4, 0.5) is 0 Å². The fourth-order valence-electron chi connectivity index (χ4n) is 2.55. The highest BCUT2D eigenvalue weighted by Crippen LogP contribution is 2.24. The molecule has 0 bridgehead atoms. The van der Waals surface area contributed by atoms with Gasteiger partial charge in [-0.1, -0.05) is 24.3 Å². The van der Waals surface area contributed by atoms with Crippen LogP contribution in [0.1, 0.15) is 21.6 Å². The van der Waals surface area contributed by atoms with Crippen molar-refractivity contribution in [3.8, 4) is 0 Å². The summed E-state index contributed by atoms with van der Waals surface area (Å²) in [5.74, 6) is -1.16. The van der Waals surface area contributed by atoms with Gasteiger partial charge in [0.15, 0.2) is 0 Å². The van der Waals surface area contributed by atoms with Crippen molar-refractivity contribution in [2.75, 3.05) is 6.26 Å². The topological polar surface area (TPSA) is 114 Å². The van der Waals surface area contributed by atoms with Gasteiger partial charge in [-0.15, -0.1) is 0 Å². The van der Waals surface area contributed by atoms with Crippen molar-refractivity contribution in [3.05, 3.63) is 51.3 Å². The van der Waals surface area contributed by atoms with Crippen LogP contribution in [0.5, 0.6) is 0 Å². The van der Waals surface area contributed by atoms with Gasteiger partial charge in [-0.05, 0) is 18.6 Å². The van der Waals surface area contributed by atoms with E-state index in [-0.39, 0.29) is 5.56 Å². The predicted octanol–water partition coefficient (Wildman–Crippen LogP) is 1.54. The van der Waals surface area contributed by atoms with Crippen LogP contribution in [0.2, 0.25) is 0 Å². The molecule has 1 aromatic carbocycles. The summed E-state index contributed by atoms with van der Waals surface area (Å²) in [6.45, 7) is 2.28. The van der Waals surface area contributed by atoms with Crippen molar-refractivity contribution in [1.29, 1.82) is 0 Å². The fourth-order valence-corrected chi connectivity index (χ4v) is 2.55. The number of hydrogen-bond donors (Lipinski definition) is 2. The number of allylic oxidation sites excluding steroid dienone is 1. The van der Waals surface area contributed by atoms with Crippen LogP contribution in [0.3, 0.4) is 0 Å². The number of carboxylic acid groups (broad SMARTS) is 1. The van der Waals surface area contributed by atoms with Crippen LogP contribution >= 0.6 is 0 Å². The van der Waals surface area contributed by atoms with Gasteiger partial charge in [0.25, 0.3) is 10.1 Å². The normalized spacial score (nSPS) is 12.7. The molecule has 2 N–H and O–H groups in total. The van der Waals surface area contributed by atoms with Gasteiger partial charge in [0.2, 0.25) is 5.43 Å². The lowest BCUT2D eigenvalue weighted by atomic mass is 10.0. The molecule has 1 aliphatic heterocycles. The first kappa shape index (κ1) is 16.9. The molecule has 0 unspecified atom stereocenters. The molecule has 8 heteroatoms. The minimum Gasteiger partial charge on any atom is -0.477 e. The third kappa shape index (κ3) is 3.49. The highest BCUT2D eigenvalue weighted by Gasteiger charge is 2.20. The monoisotopic (exact) mass is 337 g/mol. The molecule has 0 aliphatic carbocycles. The van der Waals surface area contributed by atoms with Crippen molar-refractivity contribution in [1.82, 2.24) is 4.57 Å². The van der Waals surface area contributed by atoms with Crippen molar-refractivity contribution in [3.63, 3.8) is 0 Å². The molecule has 23 heavy (non-hydrogen) atoms. The Kier molecular flexibility index (Phi) is 4.39. The van der Waals surface area contributed by atoms with Gasteiger partial charge >= 0.3 is 5.97 Å². The zero-order chi connectivity index (χ0) is 17.4. The maximum atomic E-state index is 12.2. The number of rotatable bonds is 1. The molecular formula is C15H15NO6S. The first-order valence-electron chi connectivity index (χ1n) is 6.59. The van der Waals surface area contributed by atoms with E-state index in [1.54, 1.807) is 19.1 Å². The molecule has 2 aromatic rings. The van der Waals surface area contributed by atoms with E-state index < -0.39 is 21.5 Å². The molecule has 0 spiro atoms. The summed E-state index contributed by atoms with van der Waals surface area (Å²) in [6, 6.07) is 5.39. The third-order valence-corrected chi connectivity index (χ3v) is 3.37. The lowest BCUT2D eigenvalue weighted by Crippen LogP contribution is -2.23. The summed E-state index contributed by atoms with van der Waals surface area (Å²) < 4.78 is 27.8. The second-order valence-electron chi connectivity index (χ2n) is 5.08. The number of pyridine rings is 1. The van der Waals surface area contributed by atoms with Gasteiger partial charge < -0.3 is 9.67 Å². The van der Waals surface area contributed by atoms with Crippen LogP contribution in [0.15, 0.2) is 29.1 Å². The summed E-state index contributed by atoms with van der Waals surface area (Å²) in [5, 5.41) is 9.65. The predicted molar refractivity (Wildman–Crippen MR) is 86.4 cm³/mol. The number of nitrogens with zero attached hydrogens (tertiary/aromatic N) is 1. The van der Waals surface area contributed by atoms with E-state index in [9.17, 15) is 23.1 Å². The first-order chi connectivity index (χ1) is 10.6. The summed E-state index contributed by atoms with van der Waals surface area (Å²) >= 11 is 0. The van der Waals surface area contributed by atoms with E-state index >= 15 is 0 Å². The Balaban J connectivity index is 0.000000338. The fraction of sp³-hybridized carbons (Fsp3) is 0.200. The zero-order valence-corrected chi connectivity index (χ0v) is 13.3. The molecule has 2 heterocycles. The Hall–Kier alpha value is -2.45. The van der Waals surface area contributed by atoms with Gasteiger partial charge in [0, 0.05) is 17.6 Å². The molecule has 0 saturated heterocycles. The van der Waals surface area contributed by atoms with Gasteiger partial charge in [-0.3, -0.25) is 9.35 Å². The molecule has 0 amide bonds. The molecule has 0 radical (unpaired) electrons. The maximum Gasteiger partial charge on any atom is 0.341 e. The standard InChI is InChI=1S/C14H11NO3.CH4O3S/c1-8-11(14(17)18)13(16)10-6-2-4-9-5-3-7-15(8)12(9)10;1-5(2,3)4/h2-6H,7H2,1H3,(H,17,18);1H3,(H,2,3,4). The van der Waals surface area contributed by atoms with Crippen LogP contribution in [0, 0.1) is 6.92 Å². The van der Waals surface area contributed by atoms with Gasteiger partial charge in [-0.25, -0.2) is 4.79 Å². The molecule has 3 rings (SSSR count). The molecule has 1 aliphatic rings. The lowest BCUT2D eigenvalue weighted by molar-refractivity contribution is 0.0694. The van der Waals surface area contributed by atoms with Crippen molar-refractivity contribution in [2.45, 2.75) is 13.5 Å². The molecule has 0 fully saturated rings. The van der Waals surface area contributed by atoms with E-state index in [0.29, 0.717) is 23.9 Å². The van der Waals surface area contributed by atoms with E-state index in [1.807, 2.05) is 22.8 Å². The first-order valence-corrected chi connectivity index (χ1v) is 8.44. The highest BCUT2D eigenvalue weighted by molar-refractivity contribution is 7.85. The second kappa shape index (κ2) is 5.98. The molecule has 122 valence electrons. The smallest absolute Gasteiger partial charge is 0.341 e. The van der Waals surface area contributed by atoms with E-state index in [0.717, 1.165) is 11.1 Å². The summed E-state index contributed by atoms with van der Waals surface area (Å²) in [6.07, 6.45) is 4.64. The van der Waals surface area contributed by atoms with Crippen LogP contribution in [-0.2, 0) is 16.7 Å². The van der Waals surface area contributed by atoms with Crippen LogP contribution in [-0.4, -0.2) is 34.9 Å². The summed E-state index contributed by atoms with van der Waals surface area (Å²) in [4.78, 5) is 23.4. The van der Waals surface area contributed by atoms with E-state index in [2.05, 4.69) is 0 Å². The SMILES string of the molecule is CS(=O)(=O)O.Cc1c(C(=O)O)c(=O)c2cccc3c2n1CC=C3. The molecule has 1 aromatic heterocycles. The lowest BCUT2D eigenvalue weighted by Gasteiger charge is -2.19. The number of hydrogen-bond acceptors (Lipinski definition) is 4. The number of para-hydroxylation sites is 1. The third-order valence-electron chi connectivity index (χ3n) is 3.37. The van der Waals surface area contributed by atoms with Gasteiger partial charge in [0.1, 0.15) is 5.56 Å².